The first-order valence-corrected chi connectivity index (χ1v) is 9.01. The van der Waals surface area contributed by atoms with Crippen LogP contribution in [0.3, 0.4) is 0 Å². The third-order valence-electron chi connectivity index (χ3n) is 4.65. The first-order valence-electron chi connectivity index (χ1n) is 9.01. The van der Waals surface area contributed by atoms with Crippen LogP contribution in [0.5, 0.6) is 5.75 Å². The number of allylic oxidation sites excluding steroid dienone is 2. The number of carbonyl (C=O) groups excluding carboxylic acids is 1. The lowest BCUT2D eigenvalue weighted by Gasteiger charge is -2.11. The number of ether oxygens (including phenoxy) is 1. The second-order valence-electron chi connectivity index (χ2n) is 6.63. The molecule has 1 heterocycles. The van der Waals surface area contributed by atoms with E-state index >= 15 is 0 Å². The normalized spacial score (nSPS) is 12.6. The number of benzene rings is 1. The Hall–Kier alpha value is -2.29. The summed E-state index contributed by atoms with van der Waals surface area (Å²) in [6.45, 7) is 11.5. The Balaban J connectivity index is 2.67. The van der Waals surface area contributed by atoms with Gasteiger partial charge in [-0.25, -0.2) is 0 Å². The molecule has 0 saturated heterocycles. The van der Waals surface area contributed by atoms with Gasteiger partial charge >= 0.3 is 0 Å². The molecule has 2 rings (SSSR count). The fourth-order valence-electron chi connectivity index (χ4n) is 3.07. The molecule has 1 atom stereocenters. The molecule has 25 heavy (non-hydrogen) atoms. The van der Waals surface area contributed by atoms with E-state index in [0.29, 0.717) is 12.3 Å². The molecule has 0 amide bonds. The fraction of sp³-hybridized carbons (Fsp3) is 0.409. The Morgan fingerprint density at radius 2 is 2.16 bits per heavy atom. The zero-order valence-electron chi connectivity index (χ0n) is 15.8. The van der Waals surface area contributed by atoms with Gasteiger partial charge in [0.1, 0.15) is 12.0 Å². The quantitative estimate of drug-likeness (QED) is 0.432. The van der Waals surface area contributed by atoms with Gasteiger partial charge in [-0.1, -0.05) is 39.0 Å². The van der Waals surface area contributed by atoms with Crippen LogP contribution in [0.2, 0.25) is 0 Å². The minimum absolute atomic E-state index is 0.532. The summed E-state index contributed by atoms with van der Waals surface area (Å²) in [6, 6.07) is 6.19. The van der Waals surface area contributed by atoms with Crippen LogP contribution in [0, 0.1) is 5.92 Å². The van der Waals surface area contributed by atoms with E-state index in [1.165, 1.54) is 10.9 Å². The maximum Gasteiger partial charge on any atom is 0.120 e. The topological polar surface area (TPSA) is 31.2 Å². The number of aldehydes is 1. The van der Waals surface area contributed by atoms with Crippen molar-refractivity contribution >= 4 is 28.8 Å². The maximum atomic E-state index is 10.7. The number of rotatable bonds is 9. The molecule has 0 N–H and O–H groups in total. The molecule has 0 bridgehead atoms. The molecule has 0 saturated carbocycles. The molecular weight excluding hydrogens is 310 g/mol. The van der Waals surface area contributed by atoms with Crippen molar-refractivity contribution < 1.29 is 9.53 Å². The van der Waals surface area contributed by atoms with E-state index in [2.05, 4.69) is 49.3 Å². The summed E-state index contributed by atoms with van der Waals surface area (Å²) in [5, 5.41) is 1.20. The first-order chi connectivity index (χ1) is 12.0. The largest absolute Gasteiger partial charge is 0.497 e. The monoisotopic (exact) mass is 339 g/mol. The van der Waals surface area contributed by atoms with E-state index in [1.807, 2.05) is 13.0 Å². The Labute approximate surface area is 151 Å². The van der Waals surface area contributed by atoms with Crippen LogP contribution in [-0.4, -0.2) is 18.0 Å². The van der Waals surface area contributed by atoms with Crippen molar-refractivity contribution in [3.8, 4) is 5.75 Å². The molecular formula is C22H29NO2. The molecule has 3 heteroatoms. The Kier molecular flexibility index (Phi) is 6.63. The van der Waals surface area contributed by atoms with Gasteiger partial charge in [0.05, 0.1) is 18.3 Å². The molecule has 3 nitrogen and oxygen atoms in total. The molecule has 0 fully saturated rings. The average molecular weight is 339 g/mol. The summed E-state index contributed by atoms with van der Waals surface area (Å²) in [7, 11) is 1.68. The molecule has 0 aliphatic rings. The highest BCUT2D eigenvalue weighted by atomic mass is 16.5. The maximum absolute atomic E-state index is 10.7. The zero-order chi connectivity index (χ0) is 18.4. The van der Waals surface area contributed by atoms with Gasteiger partial charge in [-0.15, -0.1) is 0 Å². The van der Waals surface area contributed by atoms with Crippen molar-refractivity contribution in [1.29, 1.82) is 0 Å². The molecule has 0 aliphatic heterocycles. The van der Waals surface area contributed by atoms with Crippen LogP contribution in [0.25, 0.3) is 22.6 Å². The van der Waals surface area contributed by atoms with E-state index in [-0.39, 0.29) is 0 Å². The van der Waals surface area contributed by atoms with Crippen molar-refractivity contribution in [3.63, 3.8) is 0 Å². The molecule has 0 aliphatic carbocycles. The van der Waals surface area contributed by atoms with Gasteiger partial charge in [-0.2, -0.15) is 0 Å². The predicted molar refractivity (Wildman–Crippen MR) is 107 cm³/mol. The minimum Gasteiger partial charge on any atom is -0.497 e. The van der Waals surface area contributed by atoms with Crippen LogP contribution in [-0.2, 0) is 11.3 Å². The van der Waals surface area contributed by atoms with E-state index in [9.17, 15) is 4.79 Å². The van der Waals surface area contributed by atoms with Gasteiger partial charge in [0.25, 0.3) is 0 Å². The summed E-state index contributed by atoms with van der Waals surface area (Å²) in [5.74, 6) is 1.37. The molecule has 134 valence electrons. The van der Waals surface area contributed by atoms with Gasteiger partial charge in [0.15, 0.2) is 0 Å². The molecule has 1 unspecified atom stereocenters. The number of aromatic nitrogens is 1. The summed E-state index contributed by atoms with van der Waals surface area (Å²) in [6.07, 6.45) is 7.97. The third kappa shape index (κ3) is 4.22. The van der Waals surface area contributed by atoms with Gasteiger partial charge in [-0.3, -0.25) is 0 Å². The van der Waals surface area contributed by atoms with Crippen LogP contribution in [0.1, 0.15) is 51.3 Å². The van der Waals surface area contributed by atoms with Crippen molar-refractivity contribution in [3.05, 3.63) is 42.1 Å². The molecule has 0 radical (unpaired) electrons. The standard InChI is InChI=1S/C22H29NO2/c1-6-17(4)9-11-20-19-12-10-18(25-5)15-21(19)23(13-7-8-14-24)22(20)16(2)3/h9-12,14-15,17H,2,6-8,13H2,1,3-5H3/b11-9-. The van der Waals surface area contributed by atoms with Crippen LogP contribution < -0.4 is 4.74 Å². The van der Waals surface area contributed by atoms with E-state index in [1.54, 1.807) is 7.11 Å². The van der Waals surface area contributed by atoms with Crippen LogP contribution in [0.4, 0.5) is 0 Å². The smallest absolute Gasteiger partial charge is 0.120 e. The first kappa shape index (κ1) is 19.0. The minimum atomic E-state index is 0.532. The number of methoxy groups -OCH3 is 1. The predicted octanol–water partition coefficient (Wildman–Crippen LogP) is 5.72. The lowest BCUT2D eigenvalue weighted by atomic mass is 10.0. The number of hydrogen-bond donors (Lipinski definition) is 0. The Bertz CT molecular complexity index is 783. The second-order valence-corrected chi connectivity index (χ2v) is 6.63. The average Bonchev–Trinajstić information content (AvgIpc) is 2.92. The number of fused-ring (bicyclic) bond motifs is 1. The SMILES string of the molecule is C=C(C)c1c(/C=C\C(C)CC)c2ccc(OC)cc2n1CCCC=O. The highest BCUT2D eigenvalue weighted by Gasteiger charge is 2.16. The van der Waals surface area contributed by atoms with Gasteiger partial charge in [0, 0.05) is 30.0 Å². The van der Waals surface area contributed by atoms with E-state index < -0.39 is 0 Å². The van der Waals surface area contributed by atoms with Crippen molar-refractivity contribution in [1.82, 2.24) is 4.57 Å². The highest BCUT2D eigenvalue weighted by Crippen LogP contribution is 2.34. The number of unbranched alkanes of at least 4 members (excludes halogenated alkanes) is 1. The molecule has 1 aromatic carbocycles. The summed E-state index contributed by atoms with van der Waals surface area (Å²) in [4.78, 5) is 10.7. The Morgan fingerprint density at radius 3 is 2.76 bits per heavy atom. The van der Waals surface area contributed by atoms with Gasteiger partial charge in [-0.05, 0) is 37.0 Å². The van der Waals surface area contributed by atoms with Crippen molar-refractivity contribution in [2.75, 3.05) is 7.11 Å². The van der Waals surface area contributed by atoms with Gasteiger partial charge in [0.2, 0.25) is 0 Å². The van der Waals surface area contributed by atoms with E-state index in [4.69, 9.17) is 4.74 Å². The summed E-state index contributed by atoms with van der Waals surface area (Å²) >= 11 is 0. The van der Waals surface area contributed by atoms with Crippen LogP contribution in [0.15, 0.2) is 30.9 Å². The molecule has 1 aromatic heterocycles. The molecule has 2 aromatic rings. The molecule has 0 spiro atoms. The number of hydrogen-bond acceptors (Lipinski definition) is 2. The third-order valence-corrected chi connectivity index (χ3v) is 4.65. The number of aryl methyl sites for hydroxylation is 1. The highest BCUT2D eigenvalue weighted by molar-refractivity contribution is 5.96. The lowest BCUT2D eigenvalue weighted by Crippen LogP contribution is -2.03. The van der Waals surface area contributed by atoms with Gasteiger partial charge < -0.3 is 14.1 Å². The second kappa shape index (κ2) is 8.70. The van der Waals surface area contributed by atoms with E-state index in [0.717, 1.165) is 48.2 Å². The summed E-state index contributed by atoms with van der Waals surface area (Å²) in [5.41, 5.74) is 4.52. The summed E-state index contributed by atoms with van der Waals surface area (Å²) < 4.78 is 7.70. The number of carbonyl (C=O) groups is 1. The number of nitrogens with zero attached hydrogens (tertiary/aromatic N) is 1. The van der Waals surface area contributed by atoms with Crippen molar-refractivity contribution in [2.24, 2.45) is 5.92 Å². The fourth-order valence-corrected chi connectivity index (χ4v) is 3.07. The zero-order valence-corrected chi connectivity index (χ0v) is 15.8. The Morgan fingerprint density at radius 1 is 1.40 bits per heavy atom. The van der Waals surface area contributed by atoms with Crippen molar-refractivity contribution in [2.45, 2.75) is 46.6 Å². The lowest BCUT2D eigenvalue weighted by molar-refractivity contribution is -0.107. The van der Waals surface area contributed by atoms with Crippen LogP contribution >= 0.6 is 0 Å².